The van der Waals surface area contributed by atoms with Gasteiger partial charge in [-0.3, -0.25) is 29.8 Å². The molecule has 0 unspecified atom stereocenters. The second-order valence-electron chi connectivity index (χ2n) is 6.17. The van der Waals surface area contributed by atoms with Crippen LogP contribution in [0.3, 0.4) is 0 Å². The van der Waals surface area contributed by atoms with Gasteiger partial charge in [0, 0.05) is 71.6 Å². The Morgan fingerprint density at radius 2 is 1.00 bits per heavy atom. The average Bonchev–Trinajstić information content (AvgIpc) is 2.65. The Morgan fingerprint density at radius 3 is 1.29 bits per heavy atom. The summed E-state index contributed by atoms with van der Waals surface area (Å²) in [4.78, 5) is 46.9. The van der Waals surface area contributed by atoms with Gasteiger partial charge in [-0.2, -0.15) is 0 Å². The second-order valence-corrected chi connectivity index (χ2v) is 6.17. The number of nitro benzene ring substituents is 2. The minimum Gasteiger partial charge on any atom is -0.396 e. The zero-order valence-corrected chi connectivity index (χ0v) is 14.4. The summed E-state index contributed by atoms with van der Waals surface area (Å²) < 4.78 is 0. The molecule has 2 N–H and O–H groups in total. The van der Waals surface area contributed by atoms with Gasteiger partial charge in [-0.05, 0) is 12.1 Å². The van der Waals surface area contributed by atoms with Crippen molar-refractivity contribution >= 4 is 22.9 Å². The molecule has 0 bridgehead atoms. The maximum atomic E-state index is 12.9. The fourth-order valence-corrected chi connectivity index (χ4v) is 3.29. The van der Waals surface area contributed by atoms with Crippen molar-refractivity contribution < 1.29 is 29.6 Å². The number of benzene rings is 2. The molecule has 0 atom stereocenters. The molecule has 10 nitrogen and oxygen atoms in total. The van der Waals surface area contributed by atoms with E-state index in [2.05, 4.69) is 0 Å². The van der Waals surface area contributed by atoms with E-state index in [1.807, 2.05) is 0 Å². The standard InChI is InChI=1S/C18H14N2O8/c21-3-1-9-5-11-13(7-15(9)19(25)26)18(24)14-8-16(20(27)28)10(2-4-22)6-12(14)17(11)23/h5-8,21-22H,1-4H2. The van der Waals surface area contributed by atoms with Crippen LogP contribution in [0, 0.1) is 20.2 Å². The summed E-state index contributed by atoms with van der Waals surface area (Å²) in [7, 11) is 0. The third-order valence-corrected chi connectivity index (χ3v) is 4.57. The predicted octanol–water partition coefficient (Wildman–Crippen LogP) is 1.35. The van der Waals surface area contributed by atoms with E-state index in [1.54, 1.807) is 0 Å². The van der Waals surface area contributed by atoms with Crippen molar-refractivity contribution in [3.05, 3.63) is 77.9 Å². The molecule has 0 heterocycles. The van der Waals surface area contributed by atoms with Crippen molar-refractivity contribution in [3.63, 3.8) is 0 Å². The molecule has 1 aliphatic rings. The lowest BCUT2D eigenvalue weighted by atomic mass is 9.81. The zero-order chi connectivity index (χ0) is 20.6. The minimum atomic E-state index is -0.734. The zero-order valence-electron chi connectivity index (χ0n) is 14.4. The Bertz CT molecular complexity index is 965. The number of aliphatic hydroxyl groups is 2. The van der Waals surface area contributed by atoms with E-state index in [1.165, 1.54) is 12.1 Å². The molecule has 0 aromatic heterocycles. The molecule has 144 valence electrons. The summed E-state index contributed by atoms with van der Waals surface area (Å²) in [6, 6.07) is 4.36. The number of carbonyl (C=O) groups is 2. The summed E-state index contributed by atoms with van der Waals surface area (Å²) in [6.45, 7) is -0.767. The van der Waals surface area contributed by atoms with E-state index in [0.717, 1.165) is 12.1 Å². The van der Waals surface area contributed by atoms with E-state index < -0.39 is 32.8 Å². The number of aliphatic hydroxyl groups excluding tert-OH is 2. The van der Waals surface area contributed by atoms with Gasteiger partial charge in [0.25, 0.3) is 11.4 Å². The lowest BCUT2D eigenvalue weighted by molar-refractivity contribution is -0.385. The van der Waals surface area contributed by atoms with Crippen LogP contribution >= 0.6 is 0 Å². The first-order chi connectivity index (χ1) is 13.3. The Hall–Kier alpha value is -3.50. The summed E-state index contributed by atoms with van der Waals surface area (Å²) in [5.74, 6) is -1.34. The van der Waals surface area contributed by atoms with Crippen LogP contribution in [0.25, 0.3) is 0 Å². The SMILES string of the molecule is O=C1c2cc(CCO)c([N+](=O)[O-])cc2C(=O)c2cc([N+](=O)[O-])c(CCO)cc21. The second kappa shape index (κ2) is 7.25. The van der Waals surface area contributed by atoms with Crippen LogP contribution in [-0.2, 0) is 12.8 Å². The highest BCUT2D eigenvalue weighted by atomic mass is 16.6. The Balaban J connectivity index is 2.26. The maximum absolute atomic E-state index is 12.9. The normalized spacial score (nSPS) is 12.5. The molecule has 2 aromatic carbocycles. The van der Waals surface area contributed by atoms with E-state index in [0.29, 0.717) is 0 Å². The summed E-state index contributed by atoms with van der Waals surface area (Å²) in [5, 5.41) is 40.8. The molecule has 28 heavy (non-hydrogen) atoms. The van der Waals surface area contributed by atoms with Gasteiger partial charge in [0.15, 0.2) is 11.6 Å². The highest BCUT2D eigenvalue weighted by Crippen LogP contribution is 2.35. The number of rotatable bonds is 6. The molecule has 3 rings (SSSR count). The lowest BCUT2D eigenvalue weighted by Gasteiger charge is -2.19. The van der Waals surface area contributed by atoms with Gasteiger partial charge in [-0.25, -0.2) is 0 Å². The molecule has 0 spiro atoms. The van der Waals surface area contributed by atoms with Crippen LogP contribution in [0.5, 0.6) is 0 Å². The number of carbonyl (C=O) groups excluding carboxylic acids is 2. The summed E-state index contributed by atoms with van der Waals surface area (Å²) in [6.07, 6.45) is -0.151. The number of fused-ring (bicyclic) bond motifs is 2. The monoisotopic (exact) mass is 386 g/mol. The molecule has 10 heteroatoms. The maximum Gasteiger partial charge on any atom is 0.273 e. The molecule has 0 radical (unpaired) electrons. The Labute approximate surface area is 157 Å². The van der Waals surface area contributed by atoms with Crippen molar-refractivity contribution in [2.75, 3.05) is 13.2 Å². The van der Waals surface area contributed by atoms with Crippen LogP contribution in [0.2, 0.25) is 0 Å². The summed E-state index contributed by atoms with van der Waals surface area (Å²) >= 11 is 0. The van der Waals surface area contributed by atoms with E-state index >= 15 is 0 Å². The van der Waals surface area contributed by atoms with Crippen LogP contribution in [0.15, 0.2) is 24.3 Å². The highest BCUT2D eigenvalue weighted by molar-refractivity contribution is 6.29. The number of hydrogen-bond acceptors (Lipinski definition) is 8. The Morgan fingerprint density at radius 1 is 0.679 bits per heavy atom. The molecule has 2 aromatic rings. The predicted molar refractivity (Wildman–Crippen MR) is 94.6 cm³/mol. The number of nitrogens with zero attached hydrogens (tertiary/aromatic N) is 2. The van der Waals surface area contributed by atoms with Gasteiger partial charge in [0.2, 0.25) is 0 Å². The van der Waals surface area contributed by atoms with Crippen LogP contribution in [0.4, 0.5) is 11.4 Å². The number of nitro groups is 2. The highest BCUT2D eigenvalue weighted by Gasteiger charge is 2.35. The first kappa shape index (κ1) is 19.3. The Kier molecular flexibility index (Phi) is 4.99. The molecule has 0 amide bonds. The first-order valence-corrected chi connectivity index (χ1v) is 8.23. The van der Waals surface area contributed by atoms with Crippen LogP contribution < -0.4 is 0 Å². The van der Waals surface area contributed by atoms with Crippen LogP contribution in [0.1, 0.15) is 43.0 Å². The molecule has 0 saturated heterocycles. The quantitative estimate of drug-likeness (QED) is 0.474. The van der Waals surface area contributed by atoms with Gasteiger partial charge in [-0.1, -0.05) is 0 Å². The fourth-order valence-electron chi connectivity index (χ4n) is 3.29. The molecule has 0 saturated carbocycles. The molecule has 0 fully saturated rings. The molecular formula is C18H14N2O8. The van der Waals surface area contributed by atoms with Gasteiger partial charge in [0.1, 0.15) is 0 Å². The molecular weight excluding hydrogens is 372 g/mol. The van der Waals surface area contributed by atoms with Crippen molar-refractivity contribution in [2.24, 2.45) is 0 Å². The fraction of sp³-hybridized carbons (Fsp3) is 0.222. The number of ketones is 2. The van der Waals surface area contributed by atoms with Crippen molar-refractivity contribution in [3.8, 4) is 0 Å². The van der Waals surface area contributed by atoms with Crippen LogP contribution in [-0.4, -0.2) is 44.8 Å². The van der Waals surface area contributed by atoms with Gasteiger partial charge >= 0.3 is 0 Å². The minimum absolute atomic E-state index is 0.0599. The van der Waals surface area contributed by atoms with Crippen molar-refractivity contribution in [2.45, 2.75) is 12.8 Å². The third kappa shape index (κ3) is 3.04. The lowest BCUT2D eigenvalue weighted by Crippen LogP contribution is -2.23. The van der Waals surface area contributed by atoms with Gasteiger partial charge in [0.05, 0.1) is 9.85 Å². The van der Waals surface area contributed by atoms with Gasteiger partial charge in [-0.15, -0.1) is 0 Å². The number of hydrogen-bond donors (Lipinski definition) is 2. The smallest absolute Gasteiger partial charge is 0.273 e. The molecule has 0 aliphatic heterocycles. The largest absolute Gasteiger partial charge is 0.396 e. The van der Waals surface area contributed by atoms with E-state index in [9.17, 15) is 29.8 Å². The first-order valence-electron chi connectivity index (χ1n) is 8.23. The van der Waals surface area contributed by atoms with E-state index in [-0.39, 0.29) is 59.4 Å². The van der Waals surface area contributed by atoms with E-state index in [4.69, 9.17) is 10.2 Å². The summed E-state index contributed by atoms with van der Waals surface area (Å²) in [5.41, 5.74) is -1.16. The topological polar surface area (TPSA) is 161 Å². The van der Waals surface area contributed by atoms with Crippen molar-refractivity contribution in [1.82, 2.24) is 0 Å². The third-order valence-electron chi connectivity index (χ3n) is 4.57. The average molecular weight is 386 g/mol. The van der Waals surface area contributed by atoms with Gasteiger partial charge < -0.3 is 10.2 Å². The van der Waals surface area contributed by atoms with Crippen molar-refractivity contribution in [1.29, 1.82) is 0 Å². The molecule has 1 aliphatic carbocycles.